The molecular formula is C19H26N2O4S. The molecule has 1 heterocycles. The molecular weight excluding hydrogens is 352 g/mol. The molecule has 0 saturated carbocycles. The number of hydrogen-bond acceptors (Lipinski definition) is 5. The summed E-state index contributed by atoms with van der Waals surface area (Å²) >= 11 is 1.64. The number of nitrogens with zero attached hydrogens (tertiary/aromatic N) is 1. The zero-order valence-electron chi connectivity index (χ0n) is 15.3. The van der Waals surface area contributed by atoms with Crippen LogP contribution in [0.3, 0.4) is 0 Å². The molecule has 1 fully saturated rings. The number of likely N-dealkylation sites (tertiary alicyclic amines) is 1. The molecule has 0 aromatic heterocycles. The van der Waals surface area contributed by atoms with Crippen LogP contribution in [0.5, 0.6) is 0 Å². The number of thioether (sulfide) groups is 1. The molecule has 1 aliphatic rings. The number of benzene rings is 1. The summed E-state index contributed by atoms with van der Waals surface area (Å²) in [5.41, 5.74) is 0.692. The smallest absolute Gasteiger partial charge is 0.317 e. The Labute approximate surface area is 158 Å². The van der Waals surface area contributed by atoms with Crippen LogP contribution in [0.2, 0.25) is 0 Å². The fourth-order valence-electron chi connectivity index (χ4n) is 2.98. The molecule has 0 unspecified atom stereocenters. The van der Waals surface area contributed by atoms with E-state index < -0.39 is 0 Å². The monoisotopic (exact) mass is 378 g/mol. The Morgan fingerprint density at radius 1 is 1.27 bits per heavy atom. The summed E-state index contributed by atoms with van der Waals surface area (Å²) in [6.45, 7) is 3.36. The topological polar surface area (TPSA) is 75.7 Å². The Hall–Kier alpha value is -2.02. The van der Waals surface area contributed by atoms with Crippen molar-refractivity contribution in [2.24, 2.45) is 5.92 Å². The van der Waals surface area contributed by atoms with Gasteiger partial charge in [0.1, 0.15) is 0 Å². The highest BCUT2D eigenvalue weighted by Crippen LogP contribution is 2.22. The quantitative estimate of drug-likeness (QED) is 0.448. The van der Waals surface area contributed by atoms with Gasteiger partial charge in [-0.25, -0.2) is 4.79 Å². The molecule has 1 N–H and O–H groups in total. The van der Waals surface area contributed by atoms with Crippen molar-refractivity contribution in [3.05, 3.63) is 29.8 Å². The molecule has 0 aliphatic carbocycles. The zero-order valence-corrected chi connectivity index (χ0v) is 16.1. The minimum atomic E-state index is -0.326. The molecule has 26 heavy (non-hydrogen) atoms. The summed E-state index contributed by atoms with van der Waals surface area (Å²) in [6, 6.07) is 7.37. The highest BCUT2D eigenvalue weighted by molar-refractivity contribution is 7.98. The largest absolute Gasteiger partial charge is 0.466 e. The molecule has 2 amide bonds. The average molecular weight is 378 g/mol. The number of nitrogens with one attached hydrogen (secondary N) is 1. The van der Waals surface area contributed by atoms with Gasteiger partial charge < -0.3 is 15.0 Å². The first-order valence-electron chi connectivity index (χ1n) is 8.91. The van der Waals surface area contributed by atoms with E-state index in [0.717, 1.165) is 17.7 Å². The van der Waals surface area contributed by atoms with Crippen LogP contribution in [0, 0.1) is 5.92 Å². The Bertz CT molecular complexity index is 633. The van der Waals surface area contributed by atoms with Crippen molar-refractivity contribution in [3.8, 4) is 0 Å². The predicted octanol–water partition coefficient (Wildman–Crippen LogP) is 2.97. The van der Waals surface area contributed by atoms with E-state index in [4.69, 9.17) is 4.74 Å². The molecule has 1 atom stereocenters. The minimum absolute atomic E-state index is 0.0849. The van der Waals surface area contributed by atoms with Gasteiger partial charge in [-0.2, -0.15) is 0 Å². The molecule has 1 aromatic rings. The highest BCUT2D eigenvalue weighted by Gasteiger charge is 2.29. The van der Waals surface area contributed by atoms with Crippen molar-refractivity contribution >= 4 is 29.5 Å². The van der Waals surface area contributed by atoms with E-state index in [-0.39, 0.29) is 36.7 Å². The predicted molar refractivity (Wildman–Crippen MR) is 101 cm³/mol. The SMILES string of the molecule is CCOC(=O)CCNC(=O)N1CCC[C@H](C(=O)c2ccc(SC)cc2)C1. The molecule has 1 aromatic carbocycles. The lowest BCUT2D eigenvalue weighted by Crippen LogP contribution is -2.47. The highest BCUT2D eigenvalue weighted by atomic mass is 32.2. The number of amides is 2. The Kier molecular flexibility index (Phi) is 7.97. The first-order chi connectivity index (χ1) is 12.5. The number of carbonyl (C=O) groups is 3. The molecule has 6 nitrogen and oxygen atoms in total. The summed E-state index contributed by atoms with van der Waals surface area (Å²) in [5.74, 6) is -0.422. The molecule has 7 heteroatoms. The number of piperidine rings is 1. The maximum Gasteiger partial charge on any atom is 0.317 e. The lowest BCUT2D eigenvalue weighted by Gasteiger charge is -2.32. The molecule has 1 saturated heterocycles. The number of ether oxygens (including phenoxy) is 1. The lowest BCUT2D eigenvalue weighted by atomic mass is 9.90. The Morgan fingerprint density at radius 2 is 2.00 bits per heavy atom. The fraction of sp³-hybridized carbons (Fsp3) is 0.526. The second kappa shape index (κ2) is 10.2. The van der Waals surface area contributed by atoms with Gasteiger partial charge in [0.15, 0.2) is 5.78 Å². The molecule has 142 valence electrons. The summed E-state index contributed by atoms with van der Waals surface area (Å²) in [6.07, 6.45) is 3.73. The molecule has 2 rings (SSSR count). The van der Waals surface area contributed by atoms with Gasteiger partial charge in [-0.1, -0.05) is 12.1 Å². The van der Waals surface area contributed by atoms with E-state index in [9.17, 15) is 14.4 Å². The third kappa shape index (κ3) is 5.76. The van der Waals surface area contributed by atoms with Gasteiger partial charge in [0.25, 0.3) is 0 Å². The molecule has 0 bridgehead atoms. The van der Waals surface area contributed by atoms with Crippen molar-refractivity contribution in [1.29, 1.82) is 0 Å². The molecule has 0 radical (unpaired) electrons. The van der Waals surface area contributed by atoms with Gasteiger partial charge in [-0.3, -0.25) is 9.59 Å². The van der Waals surface area contributed by atoms with E-state index in [0.29, 0.717) is 25.3 Å². The van der Waals surface area contributed by atoms with E-state index in [1.54, 1.807) is 23.6 Å². The standard InChI is InChI=1S/C19H26N2O4S/c1-3-25-17(22)10-11-20-19(24)21-12-4-5-15(13-21)18(23)14-6-8-16(26-2)9-7-14/h6-9,15H,3-5,10-13H2,1-2H3,(H,20,24)/t15-/m0/s1. The van der Waals surface area contributed by atoms with Crippen molar-refractivity contribution in [1.82, 2.24) is 10.2 Å². The summed E-state index contributed by atoms with van der Waals surface area (Å²) in [4.78, 5) is 39.1. The van der Waals surface area contributed by atoms with E-state index in [2.05, 4.69) is 5.32 Å². The van der Waals surface area contributed by atoms with Crippen LogP contribution in [0.4, 0.5) is 4.79 Å². The first-order valence-corrected chi connectivity index (χ1v) is 10.1. The summed E-state index contributed by atoms with van der Waals surface area (Å²) < 4.78 is 4.83. The van der Waals surface area contributed by atoms with E-state index >= 15 is 0 Å². The van der Waals surface area contributed by atoms with Crippen LogP contribution in [0.25, 0.3) is 0 Å². The van der Waals surface area contributed by atoms with Gasteiger partial charge in [-0.05, 0) is 38.2 Å². The lowest BCUT2D eigenvalue weighted by molar-refractivity contribution is -0.142. The van der Waals surface area contributed by atoms with Gasteiger partial charge >= 0.3 is 12.0 Å². The van der Waals surface area contributed by atoms with Crippen LogP contribution in [0.1, 0.15) is 36.5 Å². The van der Waals surface area contributed by atoms with Crippen molar-refractivity contribution in [2.75, 3.05) is 32.5 Å². The van der Waals surface area contributed by atoms with Crippen LogP contribution >= 0.6 is 11.8 Å². The number of esters is 1. The number of hydrogen-bond donors (Lipinski definition) is 1. The van der Waals surface area contributed by atoms with Gasteiger partial charge in [0, 0.05) is 36.0 Å². The van der Waals surface area contributed by atoms with Crippen LogP contribution in [0.15, 0.2) is 29.2 Å². The van der Waals surface area contributed by atoms with Gasteiger partial charge in [-0.15, -0.1) is 11.8 Å². The first kappa shape index (κ1) is 20.3. The second-order valence-electron chi connectivity index (χ2n) is 6.16. The number of urea groups is 1. The normalized spacial score (nSPS) is 16.8. The summed E-state index contributed by atoms with van der Waals surface area (Å²) in [7, 11) is 0. The van der Waals surface area contributed by atoms with Crippen LogP contribution in [-0.4, -0.2) is 55.2 Å². The van der Waals surface area contributed by atoms with Crippen molar-refractivity contribution in [3.63, 3.8) is 0 Å². The minimum Gasteiger partial charge on any atom is -0.466 e. The maximum atomic E-state index is 12.7. The van der Waals surface area contributed by atoms with Crippen LogP contribution in [-0.2, 0) is 9.53 Å². The fourth-order valence-corrected chi connectivity index (χ4v) is 3.39. The molecule has 0 spiro atoms. The number of carbonyl (C=O) groups excluding carboxylic acids is 3. The number of Topliss-reactive ketones (excluding diaryl/α,β-unsaturated/α-hetero) is 1. The zero-order chi connectivity index (χ0) is 18.9. The van der Waals surface area contributed by atoms with E-state index in [1.165, 1.54) is 0 Å². The Morgan fingerprint density at radius 3 is 2.65 bits per heavy atom. The second-order valence-corrected chi connectivity index (χ2v) is 7.04. The number of ketones is 1. The van der Waals surface area contributed by atoms with Crippen molar-refractivity contribution in [2.45, 2.75) is 31.1 Å². The van der Waals surface area contributed by atoms with E-state index in [1.807, 2.05) is 30.5 Å². The number of rotatable bonds is 7. The third-order valence-corrected chi connectivity index (χ3v) is 5.11. The van der Waals surface area contributed by atoms with Gasteiger partial charge in [0.2, 0.25) is 0 Å². The van der Waals surface area contributed by atoms with Crippen LogP contribution < -0.4 is 5.32 Å². The molecule has 1 aliphatic heterocycles. The Balaban J connectivity index is 1.86. The van der Waals surface area contributed by atoms with Crippen molar-refractivity contribution < 1.29 is 19.1 Å². The third-order valence-electron chi connectivity index (χ3n) is 4.36. The van der Waals surface area contributed by atoms with Gasteiger partial charge in [0.05, 0.1) is 13.0 Å². The summed E-state index contributed by atoms with van der Waals surface area (Å²) in [5, 5.41) is 2.73. The average Bonchev–Trinajstić information content (AvgIpc) is 2.67. The maximum absolute atomic E-state index is 12.7.